The third-order valence-electron chi connectivity index (χ3n) is 12.5. The summed E-state index contributed by atoms with van der Waals surface area (Å²) in [6.45, 7) is -0.0598. The van der Waals surface area contributed by atoms with E-state index in [2.05, 4.69) is 217 Å². The summed E-state index contributed by atoms with van der Waals surface area (Å²) in [5, 5.41) is 7.80. The molecule has 2 aliphatic heterocycles. The highest BCUT2D eigenvalue weighted by Crippen LogP contribution is 2.41. The maximum atomic E-state index is 6.96. The van der Waals surface area contributed by atoms with Gasteiger partial charge in [0.15, 0.2) is 8.07 Å². The summed E-state index contributed by atoms with van der Waals surface area (Å²) in [6.07, 6.45) is 0. The van der Waals surface area contributed by atoms with E-state index < -0.39 is 8.07 Å². The number of hydrogen-bond acceptors (Lipinski definition) is 2. The first-order chi connectivity index (χ1) is 29.3. The van der Waals surface area contributed by atoms with Crippen LogP contribution in [0.4, 0.5) is 0 Å². The molecule has 9 aromatic carbocycles. The molecule has 0 bridgehead atoms. The standard InChI is InChI=1S/C54H36BNO2Si/c1-4-19-38(20-5-1)59(39-21-6-2-7-22-39,40-23-8-3-9-24-40)41-25-16-18-37(34-41)44-35-46-53(36-49(44)56-47-29-13-10-26-42(47)43-27-11-14-30-48(43)56)58-52-33-17-32-51-54(52)55(46)45-28-12-15-31-50(45)57-51/h1-36H. The van der Waals surface area contributed by atoms with Crippen LogP contribution >= 0.6 is 0 Å². The lowest BCUT2D eigenvalue weighted by Crippen LogP contribution is -2.74. The van der Waals surface area contributed by atoms with Crippen LogP contribution in [0, 0.1) is 0 Å². The fourth-order valence-corrected chi connectivity index (χ4v) is 14.8. The van der Waals surface area contributed by atoms with Crippen molar-refractivity contribution in [3.8, 4) is 39.8 Å². The Balaban J connectivity index is 1.18. The van der Waals surface area contributed by atoms with Gasteiger partial charge in [-0.15, -0.1) is 0 Å². The molecular weight excluding hydrogens is 733 g/mol. The van der Waals surface area contributed by atoms with Gasteiger partial charge in [-0.1, -0.05) is 182 Å². The smallest absolute Gasteiger partial charge is 0.260 e. The maximum absolute atomic E-state index is 6.96. The predicted octanol–water partition coefficient (Wildman–Crippen LogP) is 8.56. The van der Waals surface area contributed by atoms with E-state index in [0.717, 1.165) is 67.2 Å². The lowest BCUT2D eigenvalue weighted by molar-refractivity contribution is 0.464. The molecule has 5 heteroatoms. The number of aromatic nitrogens is 1. The Morgan fingerprint density at radius 1 is 0.373 bits per heavy atom. The summed E-state index contributed by atoms with van der Waals surface area (Å²) < 4.78 is 15.9. The van der Waals surface area contributed by atoms with E-state index >= 15 is 0 Å². The minimum absolute atomic E-state index is 0.0598. The molecule has 0 unspecified atom stereocenters. The van der Waals surface area contributed by atoms with Crippen molar-refractivity contribution in [2.45, 2.75) is 0 Å². The van der Waals surface area contributed by atoms with Crippen LogP contribution in [0.25, 0.3) is 38.6 Å². The molecule has 10 aromatic rings. The third-order valence-corrected chi connectivity index (χ3v) is 17.2. The molecule has 0 N–H and O–H groups in total. The van der Waals surface area contributed by atoms with Crippen molar-refractivity contribution in [2.24, 2.45) is 0 Å². The van der Waals surface area contributed by atoms with Crippen molar-refractivity contribution in [1.82, 2.24) is 4.57 Å². The Bertz CT molecular complexity index is 3090. The molecule has 0 fully saturated rings. The zero-order valence-electron chi connectivity index (χ0n) is 32.1. The number of para-hydroxylation sites is 3. The SMILES string of the molecule is c1ccc([Si](c2ccccc2)(c2ccccc2)c2cccc(-c3cc4c(cc3-n3c5ccccc5c5ccccc53)Oc3cccc5c3B4c3ccccc3O5)c2)cc1. The molecule has 59 heavy (non-hydrogen) atoms. The quantitative estimate of drug-likeness (QED) is 0.125. The van der Waals surface area contributed by atoms with Crippen molar-refractivity contribution in [2.75, 3.05) is 0 Å². The molecule has 0 spiro atoms. The molecule has 12 rings (SSSR count). The molecule has 0 atom stereocenters. The van der Waals surface area contributed by atoms with Crippen LogP contribution < -0.4 is 46.6 Å². The average molecular weight is 770 g/mol. The summed E-state index contributed by atoms with van der Waals surface area (Å²) >= 11 is 0. The van der Waals surface area contributed by atoms with Crippen LogP contribution in [-0.4, -0.2) is 19.4 Å². The molecule has 0 aliphatic carbocycles. The first kappa shape index (κ1) is 33.8. The van der Waals surface area contributed by atoms with E-state index in [9.17, 15) is 0 Å². The minimum atomic E-state index is -2.83. The monoisotopic (exact) mass is 769 g/mol. The summed E-state index contributed by atoms with van der Waals surface area (Å²) in [4.78, 5) is 0. The van der Waals surface area contributed by atoms with E-state index in [1.165, 1.54) is 31.5 Å². The second kappa shape index (κ2) is 13.4. The Kier molecular flexibility index (Phi) is 7.65. The minimum Gasteiger partial charge on any atom is -0.458 e. The molecule has 1 aromatic heterocycles. The summed E-state index contributed by atoms with van der Waals surface area (Å²) in [5.74, 6) is 3.42. The van der Waals surface area contributed by atoms with Gasteiger partial charge < -0.3 is 14.0 Å². The van der Waals surface area contributed by atoms with Crippen LogP contribution in [0.2, 0.25) is 0 Å². The van der Waals surface area contributed by atoms with Gasteiger partial charge in [0.2, 0.25) is 0 Å². The normalized spacial score (nSPS) is 12.6. The van der Waals surface area contributed by atoms with Crippen molar-refractivity contribution in [3.63, 3.8) is 0 Å². The number of ether oxygens (including phenoxy) is 2. The van der Waals surface area contributed by atoms with E-state index in [1.54, 1.807) is 0 Å². The summed E-state index contributed by atoms with van der Waals surface area (Å²) in [7, 11) is -2.83. The van der Waals surface area contributed by atoms with Gasteiger partial charge >= 0.3 is 0 Å². The van der Waals surface area contributed by atoms with Crippen LogP contribution in [0.15, 0.2) is 218 Å². The highest BCUT2D eigenvalue weighted by atomic mass is 28.3. The largest absolute Gasteiger partial charge is 0.458 e. The summed E-state index contributed by atoms with van der Waals surface area (Å²) in [5.41, 5.74) is 9.03. The predicted molar refractivity (Wildman–Crippen MR) is 248 cm³/mol. The number of hydrogen-bond donors (Lipinski definition) is 0. The molecule has 2 aliphatic rings. The second-order valence-electron chi connectivity index (χ2n) is 15.5. The Hall–Kier alpha value is -7.34. The van der Waals surface area contributed by atoms with Gasteiger partial charge in [0.1, 0.15) is 23.0 Å². The Morgan fingerprint density at radius 2 is 0.864 bits per heavy atom. The lowest BCUT2D eigenvalue weighted by Gasteiger charge is -2.35. The molecule has 3 nitrogen and oxygen atoms in total. The summed E-state index contributed by atoms with van der Waals surface area (Å²) in [6, 6.07) is 79.7. The van der Waals surface area contributed by atoms with Gasteiger partial charge in [-0.05, 0) is 67.6 Å². The van der Waals surface area contributed by atoms with Gasteiger partial charge in [-0.3, -0.25) is 0 Å². The third kappa shape index (κ3) is 5.08. The molecule has 0 radical (unpaired) electrons. The number of rotatable bonds is 6. The Morgan fingerprint density at radius 3 is 1.49 bits per heavy atom. The van der Waals surface area contributed by atoms with E-state index in [-0.39, 0.29) is 6.71 Å². The van der Waals surface area contributed by atoms with Crippen molar-refractivity contribution >= 4 is 73.7 Å². The second-order valence-corrected chi connectivity index (χ2v) is 19.4. The zero-order valence-corrected chi connectivity index (χ0v) is 33.1. The number of fused-ring (bicyclic) bond motifs is 7. The maximum Gasteiger partial charge on any atom is 0.260 e. The Labute approximate surface area is 344 Å². The van der Waals surface area contributed by atoms with Crippen molar-refractivity contribution in [1.29, 1.82) is 0 Å². The van der Waals surface area contributed by atoms with E-state index in [4.69, 9.17) is 9.47 Å². The topological polar surface area (TPSA) is 23.4 Å². The molecule has 0 saturated carbocycles. The molecule has 0 amide bonds. The van der Waals surface area contributed by atoms with Gasteiger partial charge in [0.05, 0.1) is 16.7 Å². The van der Waals surface area contributed by atoms with Gasteiger partial charge in [0, 0.05) is 27.9 Å². The highest BCUT2D eigenvalue weighted by Gasteiger charge is 2.43. The van der Waals surface area contributed by atoms with Crippen molar-refractivity contribution in [3.05, 3.63) is 218 Å². The zero-order chi connectivity index (χ0) is 38.9. The fraction of sp³-hybridized carbons (Fsp3) is 0. The average Bonchev–Trinajstić information content (AvgIpc) is 3.64. The number of nitrogens with zero attached hydrogens (tertiary/aromatic N) is 1. The first-order valence-electron chi connectivity index (χ1n) is 20.3. The van der Waals surface area contributed by atoms with Crippen LogP contribution in [-0.2, 0) is 0 Å². The van der Waals surface area contributed by atoms with Gasteiger partial charge in [-0.2, -0.15) is 0 Å². The van der Waals surface area contributed by atoms with Crippen LogP contribution in [0.5, 0.6) is 23.0 Å². The molecule has 0 saturated heterocycles. The van der Waals surface area contributed by atoms with E-state index in [0.29, 0.717) is 0 Å². The molecule has 3 heterocycles. The van der Waals surface area contributed by atoms with Crippen molar-refractivity contribution < 1.29 is 9.47 Å². The fourth-order valence-electron chi connectivity index (χ4n) is 10.00. The first-order valence-corrected chi connectivity index (χ1v) is 22.3. The number of benzene rings is 9. The lowest BCUT2D eigenvalue weighted by atomic mass is 9.34. The van der Waals surface area contributed by atoms with Crippen LogP contribution in [0.3, 0.4) is 0 Å². The highest BCUT2D eigenvalue weighted by molar-refractivity contribution is 7.20. The molecular formula is C54H36BNO2Si. The van der Waals surface area contributed by atoms with Gasteiger partial charge in [-0.25, -0.2) is 0 Å². The van der Waals surface area contributed by atoms with Gasteiger partial charge in [0.25, 0.3) is 6.71 Å². The van der Waals surface area contributed by atoms with Crippen LogP contribution in [0.1, 0.15) is 0 Å². The van der Waals surface area contributed by atoms with E-state index in [1.807, 2.05) is 6.07 Å². The molecule has 276 valence electrons.